The number of carbonyl (C=O) groups is 2. The van der Waals surface area contributed by atoms with E-state index >= 15 is 0 Å². The summed E-state index contributed by atoms with van der Waals surface area (Å²) in [7, 11) is 0. The van der Waals surface area contributed by atoms with Crippen LogP contribution in [0.25, 0.3) is 0 Å². The summed E-state index contributed by atoms with van der Waals surface area (Å²) < 4.78 is 5.64. The van der Waals surface area contributed by atoms with Gasteiger partial charge in [-0.3, -0.25) is 14.4 Å². The van der Waals surface area contributed by atoms with Gasteiger partial charge in [0.1, 0.15) is 6.10 Å². The van der Waals surface area contributed by atoms with Gasteiger partial charge in [0, 0.05) is 6.61 Å². The number of benzene rings is 2. The van der Waals surface area contributed by atoms with Crippen molar-refractivity contribution in [3.63, 3.8) is 0 Å². The largest absolute Gasteiger partial charge is 0.377 e. The molecule has 134 valence electrons. The number of nitrogens with zero attached hydrogens (tertiary/aromatic N) is 1. The lowest BCUT2D eigenvalue weighted by Gasteiger charge is -2.19. The van der Waals surface area contributed by atoms with Crippen molar-refractivity contribution in [3.8, 4) is 0 Å². The zero-order valence-electron chi connectivity index (χ0n) is 14.5. The number of hydrogen-bond acceptors (Lipinski definition) is 4. The smallest absolute Gasteiger partial charge is 0.285 e. The first-order valence-electron chi connectivity index (χ1n) is 8.59. The van der Waals surface area contributed by atoms with E-state index in [1.54, 1.807) is 30.3 Å². The summed E-state index contributed by atoms with van der Waals surface area (Å²) in [5.41, 5.74) is 1.85. The third kappa shape index (κ3) is 4.07. The number of carbonyl (C=O) groups excluding carboxylic acids is 2. The summed E-state index contributed by atoms with van der Waals surface area (Å²) >= 11 is 0. The molecular formula is C21H21NO4. The molecule has 0 fully saturated rings. The highest BCUT2D eigenvalue weighted by atomic mass is 16.7. The maximum atomic E-state index is 12.3. The minimum Gasteiger partial charge on any atom is -0.377 e. The number of ether oxygens (including phenoxy) is 1. The Kier molecular flexibility index (Phi) is 5.94. The molecule has 0 saturated heterocycles. The Labute approximate surface area is 152 Å². The summed E-state index contributed by atoms with van der Waals surface area (Å²) in [6.07, 6.45) is 2.50. The summed E-state index contributed by atoms with van der Waals surface area (Å²) in [5.74, 6) is -0.865. The average molecular weight is 351 g/mol. The number of amides is 2. The molecule has 2 amide bonds. The van der Waals surface area contributed by atoms with Crippen molar-refractivity contribution in [2.45, 2.75) is 25.6 Å². The Bertz CT molecular complexity index is 753. The molecule has 1 aliphatic heterocycles. The molecule has 0 saturated carbocycles. The van der Waals surface area contributed by atoms with E-state index in [4.69, 9.17) is 9.57 Å². The second-order valence-electron chi connectivity index (χ2n) is 6.01. The quantitative estimate of drug-likeness (QED) is 0.392. The standard InChI is InChI=1S/C21H21NO4/c1-2-17(11-8-14-25-15-16-9-4-3-5-10-16)26-22-20(23)18-12-6-7-13-19(18)21(22)24/h2-7,9-10,12-13,17H,1,8,11,14-15H2/t17-/m1/s1. The Morgan fingerprint density at radius 2 is 1.58 bits per heavy atom. The van der Waals surface area contributed by atoms with Gasteiger partial charge < -0.3 is 4.74 Å². The Hall–Kier alpha value is -2.76. The van der Waals surface area contributed by atoms with Crippen molar-refractivity contribution in [2.75, 3.05) is 6.61 Å². The summed E-state index contributed by atoms with van der Waals surface area (Å²) in [4.78, 5) is 30.2. The number of hydroxylamine groups is 2. The molecule has 2 aromatic carbocycles. The van der Waals surface area contributed by atoms with Crippen LogP contribution < -0.4 is 0 Å². The van der Waals surface area contributed by atoms with Crippen LogP contribution in [0.1, 0.15) is 39.1 Å². The Balaban J connectivity index is 1.46. The predicted molar refractivity (Wildman–Crippen MR) is 97.3 cm³/mol. The van der Waals surface area contributed by atoms with Crippen molar-refractivity contribution in [1.29, 1.82) is 0 Å². The molecule has 0 unspecified atom stereocenters. The van der Waals surface area contributed by atoms with E-state index < -0.39 is 17.9 Å². The van der Waals surface area contributed by atoms with Crippen LogP contribution in [-0.2, 0) is 16.2 Å². The SMILES string of the molecule is C=C[C@H](CCCOCc1ccccc1)ON1C(=O)c2ccccc2C1=O. The van der Waals surface area contributed by atoms with Crippen LogP contribution in [0.4, 0.5) is 0 Å². The fourth-order valence-electron chi connectivity index (χ4n) is 2.76. The van der Waals surface area contributed by atoms with Gasteiger partial charge >= 0.3 is 0 Å². The number of rotatable bonds is 9. The molecule has 26 heavy (non-hydrogen) atoms. The third-order valence-corrected chi connectivity index (χ3v) is 4.15. The summed E-state index contributed by atoms with van der Waals surface area (Å²) in [6.45, 7) is 4.85. The lowest BCUT2D eigenvalue weighted by molar-refractivity contribution is -0.119. The zero-order valence-corrected chi connectivity index (χ0v) is 14.5. The monoisotopic (exact) mass is 351 g/mol. The second-order valence-corrected chi connectivity index (χ2v) is 6.01. The summed E-state index contributed by atoms with van der Waals surface area (Å²) in [6, 6.07) is 16.6. The molecule has 0 N–H and O–H groups in total. The van der Waals surface area contributed by atoms with Crippen molar-refractivity contribution in [3.05, 3.63) is 83.9 Å². The van der Waals surface area contributed by atoms with Gasteiger partial charge in [-0.05, 0) is 30.5 Å². The lowest BCUT2D eigenvalue weighted by atomic mass is 10.1. The van der Waals surface area contributed by atoms with Crippen LogP contribution in [0.2, 0.25) is 0 Å². The van der Waals surface area contributed by atoms with Gasteiger partial charge in [-0.1, -0.05) is 48.5 Å². The van der Waals surface area contributed by atoms with Gasteiger partial charge in [0.25, 0.3) is 11.8 Å². The molecule has 5 nitrogen and oxygen atoms in total. The molecule has 5 heteroatoms. The summed E-state index contributed by atoms with van der Waals surface area (Å²) in [5, 5.41) is 0.835. The van der Waals surface area contributed by atoms with E-state index in [1.165, 1.54) is 0 Å². The first kappa shape index (κ1) is 18.0. The number of imide groups is 1. The average Bonchev–Trinajstić information content (AvgIpc) is 2.92. The topological polar surface area (TPSA) is 55.8 Å². The Morgan fingerprint density at radius 1 is 0.962 bits per heavy atom. The van der Waals surface area contributed by atoms with E-state index in [-0.39, 0.29) is 0 Å². The van der Waals surface area contributed by atoms with Gasteiger partial charge in [-0.15, -0.1) is 11.6 Å². The van der Waals surface area contributed by atoms with E-state index in [0.29, 0.717) is 30.8 Å². The Morgan fingerprint density at radius 3 is 2.19 bits per heavy atom. The van der Waals surface area contributed by atoms with E-state index in [2.05, 4.69) is 6.58 Å². The second kappa shape index (κ2) is 8.56. The number of fused-ring (bicyclic) bond motifs is 1. The predicted octanol–water partition coefficient (Wildman–Crippen LogP) is 3.77. The van der Waals surface area contributed by atoms with Gasteiger partial charge in [-0.2, -0.15) is 0 Å². The minimum absolute atomic E-state index is 0.367. The van der Waals surface area contributed by atoms with Crippen molar-refractivity contribution >= 4 is 11.8 Å². The van der Waals surface area contributed by atoms with E-state index in [0.717, 1.165) is 17.0 Å². The van der Waals surface area contributed by atoms with Crippen molar-refractivity contribution in [1.82, 2.24) is 5.06 Å². The van der Waals surface area contributed by atoms with Crippen LogP contribution in [0, 0.1) is 0 Å². The van der Waals surface area contributed by atoms with Crippen LogP contribution in [0.15, 0.2) is 67.3 Å². The molecule has 0 bridgehead atoms. The molecule has 0 radical (unpaired) electrons. The molecule has 0 aliphatic carbocycles. The fourth-order valence-corrected chi connectivity index (χ4v) is 2.76. The van der Waals surface area contributed by atoms with Crippen LogP contribution >= 0.6 is 0 Å². The maximum absolute atomic E-state index is 12.3. The fraction of sp³-hybridized carbons (Fsp3) is 0.238. The van der Waals surface area contributed by atoms with Crippen molar-refractivity contribution < 1.29 is 19.2 Å². The molecule has 1 atom stereocenters. The highest BCUT2D eigenvalue weighted by Gasteiger charge is 2.37. The zero-order chi connectivity index (χ0) is 18.4. The molecule has 0 aromatic heterocycles. The first-order valence-corrected chi connectivity index (χ1v) is 8.59. The highest BCUT2D eigenvalue weighted by Crippen LogP contribution is 2.24. The lowest BCUT2D eigenvalue weighted by Crippen LogP contribution is -2.34. The molecule has 1 heterocycles. The normalized spacial score (nSPS) is 14.4. The van der Waals surface area contributed by atoms with Gasteiger partial charge in [-0.25, -0.2) is 0 Å². The van der Waals surface area contributed by atoms with Crippen LogP contribution in [-0.4, -0.2) is 29.6 Å². The van der Waals surface area contributed by atoms with Crippen LogP contribution in [0.5, 0.6) is 0 Å². The van der Waals surface area contributed by atoms with Crippen molar-refractivity contribution in [2.24, 2.45) is 0 Å². The van der Waals surface area contributed by atoms with Gasteiger partial charge in [0.15, 0.2) is 0 Å². The molecule has 1 aliphatic rings. The molecule has 2 aromatic rings. The van der Waals surface area contributed by atoms with Gasteiger partial charge in [0.2, 0.25) is 0 Å². The highest BCUT2D eigenvalue weighted by molar-refractivity contribution is 6.20. The maximum Gasteiger partial charge on any atom is 0.285 e. The number of hydrogen-bond donors (Lipinski definition) is 0. The molecular weight excluding hydrogens is 330 g/mol. The first-order chi connectivity index (χ1) is 12.7. The third-order valence-electron chi connectivity index (χ3n) is 4.15. The van der Waals surface area contributed by atoms with Crippen LogP contribution in [0.3, 0.4) is 0 Å². The molecule has 3 rings (SSSR count). The van der Waals surface area contributed by atoms with E-state index in [1.807, 2.05) is 30.3 Å². The van der Waals surface area contributed by atoms with E-state index in [9.17, 15) is 9.59 Å². The minimum atomic E-state index is -0.433. The molecule has 0 spiro atoms. The van der Waals surface area contributed by atoms with Gasteiger partial charge in [0.05, 0.1) is 17.7 Å².